The molecule has 130 valence electrons. The van der Waals surface area contributed by atoms with Gasteiger partial charge in [-0.1, -0.05) is 13.3 Å². The number of rotatable bonds is 6. The van der Waals surface area contributed by atoms with Crippen molar-refractivity contribution in [1.82, 2.24) is 19.7 Å². The highest BCUT2D eigenvalue weighted by molar-refractivity contribution is 6.02. The fourth-order valence-electron chi connectivity index (χ4n) is 2.60. The van der Waals surface area contributed by atoms with E-state index in [9.17, 15) is 4.79 Å². The summed E-state index contributed by atoms with van der Waals surface area (Å²) in [7, 11) is 3.49. The molecule has 0 aliphatic carbocycles. The molecule has 2 aromatic heterocycles. The van der Waals surface area contributed by atoms with Crippen LogP contribution in [0.3, 0.4) is 0 Å². The number of nitrogens with one attached hydrogen (secondary N) is 2. The van der Waals surface area contributed by atoms with Crippen LogP contribution in [0.4, 0.5) is 5.95 Å². The van der Waals surface area contributed by atoms with Crippen LogP contribution < -0.4 is 10.1 Å². The van der Waals surface area contributed by atoms with Gasteiger partial charge in [-0.2, -0.15) is 5.10 Å². The zero-order chi connectivity index (χ0) is 17.8. The first-order chi connectivity index (χ1) is 12.1. The standard InChI is InChI=1S/C18H21N5O2/c1-4-5-13-10-15(22-21-13)17(24)20-18-19-11-16(23(18)2)12-6-8-14(25-3)9-7-12/h6-11H,4-5H2,1-3H3,(H,21,22)(H,19,20,24). The second-order valence-corrected chi connectivity index (χ2v) is 5.74. The first kappa shape index (κ1) is 16.8. The Morgan fingerprint density at radius 1 is 1.32 bits per heavy atom. The number of ether oxygens (including phenoxy) is 1. The topological polar surface area (TPSA) is 84.8 Å². The molecule has 3 rings (SSSR count). The van der Waals surface area contributed by atoms with Crippen molar-refractivity contribution in [3.05, 3.63) is 47.9 Å². The number of amides is 1. The van der Waals surface area contributed by atoms with Crippen LogP contribution in [0, 0.1) is 0 Å². The quantitative estimate of drug-likeness (QED) is 0.723. The summed E-state index contributed by atoms with van der Waals surface area (Å²) in [6.45, 7) is 2.08. The predicted molar refractivity (Wildman–Crippen MR) is 95.7 cm³/mol. The lowest BCUT2D eigenvalue weighted by molar-refractivity contribution is 0.102. The Morgan fingerprint density at radius 3 is 2.76 bits per heavy atom. The number of H-pyrrole nitrogens is 1. The molecule has 1 aromatic carbocycles. The number of aromatic amines is 1. The van der Waals surface area contributed by atoms with Crippen molar-refractivity contribution in [3.63, 3.8) is 0 Å². The Morgan fingerprint density at radius 2 is 2.08 bits per heavy atom. The minimum atomic E-state index is -0.284. The second kappa shape index (κ2) is 7.21. The van der Waals surface area contributed by atoms with Gasteiger partial charge in [-0.3, -0.25) is 15.2 Å². The molecule has 0 radical (unpaired) electrons. The van der Waals surface area contributed by atoms with Gasteiger partial charge in [-0.15, -0.1) is 0 Å². The SMILES string of the molecule is CCCc1cc(C(=O)Nc2ncc(-c3ccc(OC)cc3)n2C)n[nH]1. The molecular formula is C18H21N5O2. The third-order valence-electron chi connectivity index (χ3n) is 3.98. The van der Waals surface area contributed by atoms with E-state index in [-0.39, 0.29) is 5.91 Å². The van der Waals surface area contributed by atoms with Crippen molar-refractivity contribution in [3.8, 4) is 17.0 Å². The summed E-state index contributed by atoms with van der Waals surface area (Å²) < 4.78 is 7.00. The number of aryl methyl sites for hydroxylation is 1. The van der Waals surface area contributed by atoms with Crippen LogP contribution in [-0.4, -0.2) is 32.8 Å². The largest absolute Gasteiger partial charge is 0.497 e. The molecule has 0 atom stereocenters. The summed E-state index contributed by atoms with van der Waals surface area (Å²) in [5, 5.41) is 9.74. The number of carbonyl (C=O) groups is 1. The number of carbonyl (C=O) groups excluding carboxylic acids is 1. The van der Waals surface area contributed by atoms with E-state index in [1.54, 1.807) is 19.4 Å². The number of imidazole rings is 1. The summed E-state index contributed by atoms with van der Waals surface area (Å²) in [5.74, 6) is 0.977. The fourth-order valence-corrected chi connectivity index (χ4v) is 2.60. The smallest absolute Gasteiger partial charge is 0.278 e. The lowest BCUT2D eigenvalue weighted by atomic mass is 10.1. The van der Waals surface area contributed by atoms with E-state index in [1.807, 2.05) is 35.9 Å². The van der Waals surface area contributed by atoms with E-state index in [4.69, 9.17) is 4.74 Å². The molecule has 0 unspecified atom stereocenters. The highest BCUT2D eigenvalue weighted by atomic mass is 16.5. The number of methoxy groups -OCH3 is 1. The van der Waals surface area contributed by atoms with Gasteiger partial charge in [0.1, 0.15) is 5.75 Å². The Kier molecular flexibility index (Phi) is 4.83. The highest BCUT2D eigenvalue weighted by Gasteiger charge is 2.15. The molecule has 2 N–H and O–H groups in total. The van der Waals surface area contributed by atoms with Gasteiger partial charge in [0.05, 0.1) is 19.0 Å². The van der Waals surface area contributed by atoms with E-state index in [2.05, 4.69) is 27.4 Å². The molecule has 3 aromatic rings. The summed E-state index contributed by atoms with van der Waals surface area (Å²) in [5.41, 5.74) is 3.19. The summed E-state index contributed by atoms with van der Waals surface area (Å²) in [6, 6.07) is 9.45. The minimum absolute atomic E-state index is 0.284. The average Bonchev–Trinajstić information content (AvgIpc) is 3.23. The van der Waals surface area contributed by atoms with Gasteiger partial charge in [0, 0.05) is 18.3 Å². The Bertz CT molecular complexity index is 864. The Balaban J connectivity index is 1.76. The molecule has 0 saturated carbocycles. The monoisotopic (exact) mass is 339 g/mol. The molecule has 25 heavy (non-hydrogen) atoms. The van der Waals surface area contributed by atoms with E-state index < -0.39 is 0 Å². The molecule has 1 amide bonds. The zero-order valence-electron chi connectivity index (χ0n) is 14.5. The fraction of sp³-hybridized carbons (Fsp3) is 0.278. The molecule has 0 aliphatic heterocycles. The number of hydrogen-bond acceptors (Lipinski definition) is 4. The van der Waals surface area contributed by atoms with Crippen LogP contribution >= 0.6 is 0 Å². The lowest BCUT2D eigenvalue weighted by Crippen LogP contribution is -2.15. The zero-order valence-corrected chi connectivity index (χ0v) is 14.5. The first-order valence-electron chi connectivity index (χ1n) is 8.14. The normalized spacial score (nSPS) is 10.7. The maximum atomic E-state index is 12.3. The molecule has 0 fully saturated rings. The number of anilines is 1. The minimum Gasteiger partial charge on any atom is -0.497 e. The van der Waals surface area contributed by atoms with Crippen molar-refractivity contribution < 1.29 is 9.53 Å². The van der Waals surface area contributed by atoms with Crippen molar-refractivity contribution in [2.24, 2.45) is 7.05 Å². The predicted octanol–water partition coefficient (Wildman–Crippen LogP) is 3.02. The van der Waals surface area contributed by atoms with Crippen LogP contribution in [0.5, 0.6) is 5.75 Å². The van der Waals surface area contributed by atoms with Crippen LogP contribution in [-0.2, 0) is 13.5 Å². The maximum absolute atomic E-state index is 12.3. The number of benzene rings is 1. The van der Waals surface area contributed by atoms with Crippen molar-refractivity contribution >= 4 is 11.9 Å². The molecule has 2 heterocycles. The van der Waals surface area contributed by atoms with Crippen molar-refractivity contribution in [1.29, 1.82) is 0 Å². The van der Waals surface area contributed by atoms with E-state index in [0.29, 0.717) is 11.6 Å². The van der Waals surface area contributed by atoms with Gasteiger partial charge in [-0.05, 0) is 36.8 Å². The second-order valence-electron chi connectivity index (χ2n) is 5.74. The van der Waals surface area contributed by atoms with Gasteiger partial charge >= 0.3 is 0 Å². The Labute approximate surface area is 146 Å². The molecule has 0 saturated heterocycles. The third kappa shape index (κ3) is 3.55. The number of aromatic nitrogens is 4. The highest BCUT2D eigenvalue weighted by Crippen LogP contribution is 2.24. The molecule has 0 bridgehead atoms. The molecule has 7 nitrogen and oxygen atoms in total. The van der Waals surface area contributed by atoms with Crippen molar-refractivity contribution in [2.45, 2.75) is 19.8 Å². The van der Waals surface area contributed by atoms with Gasteiger partial charge in [0.25, 0.3) is 5.91 Å². The van der Waals surface area contributed by atoms with Gasteiger partial charge < -0.3 is 9.30 Å². The van der Waals surface area contributed by atoms with Crippen LogP contribution in [0.1, 0.15) is 29.5 Å². The number of nitrogens with zero attached hydrogens (tertiary/aromatic N) is 3. The molecular weight excluding hydrogens is 318 g/mol. The van der Waals surface area contributed by atoms with Crippen LogP contribution in [0.15, 0.2) is 36.5 Å². The van der Waals surface area contributed by atoms with Gasteiger partial charge in [-0.25, -0.2) is 4.98 Å². The Hall–Kier alpha value is -3.09. The third-order valence-corrected chi connectivity index (χ3v) is 3.98. The molecule has 0 spiro atoms. The van der Waals surface area contributed by atoms with E-state index in [1.165, 1.54) is 0 Å². The number of hydrogen-bond donors (Lipinski definition) is 2. The van der Waals surface area contributed by atoms with Gasteiger partial charge in [0.15, 0.2) is 5.69 Å². The first-order valence-corrected chi connectivity index (χ1v) is 8.14. The maximum Gasteiger partial charge on any atom is 0.278 e. The molecule has 0 aliphatic rings. The summed E-state index contributed by atoms with van der Waals surface area (Å²) in [6.07, 6.45) is 3.59. The van der Waals surface area contributed by atoms with E-state index in [0.717, 1.165) is 35.5 Å². The summed E-state index contributed by atoms with van der Waals surface area (Å²) >= 11 is 0. The average molecular weight is 339 g/mol. The van der Waals surface area contributed by atoms with E-state index >= 15 is 0 Å². The summed E-state index contributed by atoms with van der Waals surface area (Å²) in [4.78, 5) is 16.7. The van der Waals surface area contributed by atoms with Crippen molar-refractivity contribution in [2.75, 3.05) is 12.4 Å². The van der Waals surface area contributed by atoms with Crippen LogP contribution in [0.2, 0.25) is 0 Å². The van der Waals surface area contributed by atoms with Crippen LogP contribution in [0.25, 0.3) is 11.3 Å². The lowest BCUT2D eigenvalue weighted by Gasteiger charge is -2.07. The van der Waals surface area contributed by atoms with Gasteiger partial charge in [0.2, 0.25) is 5.95 Å². The molecule has 7 heteroatoms.